The molecule has 42 heavy (non-hydrogen) atoms. The predicted octanol–water partition coefficient (Wildman–Crippen LogP) is 6.74. The Kier molecular flexibility index (Phi) is 9.16. The molecule has 2 fully saturated rings. The van der Waals surface area contributed by atoms with E-state index in [-0.39, 0.29) is 53.8 Å². The number of imide groups is 1. The summed E-state index contributed by atoms with van der Waals surface area (Å²) in [6.45, 7) is 7.34. The number of nitrogens with zero attached hydrogens (tertiary/aromatic N) is 1. The monoisotopic (exact) mass is 573 g/mol. The molecule has 2 N–H and O–H groups in total. The minimum atomic E-state index is -0.819. The van der Waals surface area contributed by atoms with Gasteiger partial charge in [-0.25, -0.2) is 0 Å². The third kappa shape index (κ3) is 5.89. The van der Waals surface area contributed by atoms with Crippen LogP contribution in [0.4, 0.5) is 0 Å². The van der Waals surface area contributed by atoms with Crippen LogP contribution in [0.15, 0.2) is 53.1 Å². The van der Waals surface area contributed by atoms with Crippen LogP contribution in [0.25, 0.3) is 16.8 Å². The fraction of sp³-hybridized carbons (Fsp3) is 0.514. The lowest BCUT2D eigenvalue weighted by Gasteiger charge is -2.33. The van der Waals surface area contributed by atoms with E-state index in [1.54, 1.807) is 6.07 Å². The molecule has 0 saturated carbocycles. The Balaban J connectivity index is 1.31. The number of aromatic hydroxyl groups is 1. The van der Waals surface area contributed by atoms with E-state index in [0.717, 1.165) is 35.6 Å². The van der Waals surface area contributed by atoms with Gasteiger partial charge in [-0.3, -0.25) is 19.3 Å². The first-order valence-corrected chi connectivity index (χ1v) is 15.5. The molecule has 2 saturated heterocycles. The Labute approximate surface area is 248 Å². The zero-order valence-electron chi connectivity index (χ0n) is 25.0. The summed E-state index contributed by atoms with van der Waals surface area (Å²) < 4.78 is 6.42. The van der Waals surface area contributed by atoms with Gasteiger partial charge in [0.25, 0.3) is 0 Å². The van der Waals surface area contributed by atoms with Gasteiger partial charge in [0.1, 0.15) is 5.75 Å². The molecule has 2 amide bonds. The molecule has 0 bridgehead atoms. The highest BCUT2D eigenvalue weighted by molar-refractivity contribution is 6.06. The second-order valence-electron chi connectivity index (χ2n) is 12.3. The molecule has 3 aliphatic rings. The van der Waals surface area contributed by atoms with Crippen LogP contribution in [0.1, 0.15) is 77.7 Å². The van der Waals surface area contributed by atoms with Crippen LogP contribution in [0.5, 0.6) is 5.75 Å². The maximum absolute atomic E-state index is 13.6. The molecule has 224 valence electrons. The van der Waals surface area contributed by atoms with E-state index < -0.39 is 5.97 Å². The predicted molar refractivity (Wildman–Crippen MR) is 163 cm³/mol. The molecule has 7 nitrogen and oxygen atoms in total. The van der Waals surface area contributed by atoms with E-state index >= 15 is 0 Å². The van der Waals surface area contributed by atoms with Gasteiger partial charge in [0, 0.05) is 24.3 Å². The topological polar surface area (TPSA) is 104 Å². The number of fused-ring (bicyclic) bond motifs is 4. The number of rotatable bonds is 12. The molecule has 4 atom stereocenters. The summed E-state index contributed by atoms with van der Waals surface area (Å²) in [7, 11) is 0. The highest BCUT2D eigenvalue weighted by Crippen LogP contribution is 2.51. The average molecular weight is 574 g/mol. The minimum absolute atomic E-state index is 0.0605. The number of carbonyl (C=O) groups excluding carboxylic acids is 2. The fourth-order valence-electron chi connectivity index (χ4n) is 7.29. The van der Waals surface area contributed by atoms with Crippen molar-refractivity contribution in [2.45, 2.75) is 78.2 Å². The van der Waals surface area contributed by atoms with Crippen LogP contribution in [-0.4, -0.2) is 52.2 Å². The van der Waals surface area contributed by atoms with Crippen molar-refractivity contribution >= 4 is 34.6 Å². The lowest BCUT2D eigenvalue weighted by molar-refractivity contribution is -0.141. The average Bonchev–Trinajstić information content (AvgIpc) is 3.50. The second-order valence-corrected chi connectivity index (χ2v) is 12.3. The first-order chi connectivity index (χ1) is 20.2. The van der Waals surface area contributed by atoms with Crippen LogP contribution < -0.4 is 0 Å². The van der Waals surface area contributed by atoms with Gasteiger partial charge in [0.2, 0.25) is 11.8 Å². The molecule has 2 aromatic rings. The first-order valence-electron chi connectivity index (χ1n) is 15.5. The van der Waals surface area contributed by atoms with Gasteiger partial charge in [-0.1, -0.05) is 74.7 Å². The molecular formula is C35H43NO6. The lowest BCUT2D eigenvalue weighted by Crippen LogP contribution is -2.35. The van der Waals surface area contributed by atoms with Gasteiger partial charge in [0.05, 0.1) is 24.5 Å². The quantitative estimate of drug-likeness (QED) is 0.166. The standard InChI is InChI=1S/C35H43NO6/c1-4-22(18-23-14-15-29(37)25-11-8-7-10-24(23)25)13-16-30-32-26(21(2)3)19-27-33(28(32)20-42-30)35(41)36(34(27)40)17-9-5-6-12-31(38)39/h7-8,10-11,14-15,18,21,27-28,30,33,37H,4-6,9,12-13,16-17,19-20H2,1-3H3,(H,38,39)/b22-18+/t27-,28+,30-,33-/m1/s1. The number of ether oxygens (including phenoxy) is 1. The lowest BCUT2D eigenvalue weighted by atomic mass is 9.67. The van der Waals surface area contributed by atoms with Gasteiger partial charge < -0.3 is 14.9 Å². The van der Waals surface area contributed by atoms with Crippen LogP contribution >= 0.6 is 0 Å². The number of likely N-dealkylation sites (tertiary alicyclic amines) is 1. The minimum Gasteiger partial charge on any atom is -0.507 e. The van der Waals surface area contributed by atoms with E-state index in [2.05, 4.69) is 26.8 Å². The Morgan fingerprint density at radius 2 is 1.79 bits per heavy atom. The SMILES string of the molecule is CC/C(=C\c1ccc(O)c2ccccc12)CC[C@H]1OC[C@H]2C1=C(C(C)C)C[C@H]1C(=O)N(CCCCCC(=O)O)C(=O)[C@H]12. The van der Waals surface area contributed by atoms with Crippen LogP contribution in [0, 0.1) is 23.7 Å². The second kappa shape index (κ2) is 12.8. The highest BCUT2D eigenvalue weighted by atomic mass is 16.5. The number of allylic oxidation sites excluding steroid dienone is 2. The summed E-state index contributed by atoms with van der Waals surface area (Å²) in [6, 6.07) is 11.6. The van der Waals surface area contributed by atoms with Crippen molar-refractivity contribution in [3.8, 4) is 5.75 Å². The Bertz CT molecular complexity index is 1420. The number of phenolic OH excluding ortho intramolecular Hbond substituents is 1. The van der Waals surface area contributed by atoms with E-state index in [4.69, 9.17) is 9.84 Å². The third-order valence-electron chi connectivity index (χ3n) is 9.48. The number of unbranched alkanes of at least 4 members (excludes halogenated alkanes) is 2. The molecule has 2 aliphatic heterocycles. The van der Waals surface area contributed by atoms with Crippen LogP contribution in [0.2, 0.25) is 0 Å². The number of hydrogen-bond donors (Lipinski definition) is 2. The number of carboxylic acid groups (broad SMARTS) is 1. The Hall–Kier alpha value is -3.45. The summed E-state index contributed by atoms with van der Waals surface area (Å²) in [5.74, 6) is -1.15. The zero-order chi connectivity index (χ0) is 30.0. The van der Waals surface area contributed by atoms with Crippen molar-refractivity contribution < 1.29 is 29.3 Å². The number of carbonyl (C=O) groups is 3. The van der Waals surface area contributed by atoms with E-state index in [1.807, 2.05) is 30.3 Å². The Morgan fingerprint density at radius 3 is 2.50 bits per heavy atom. The molecule has 0 unspecified atom stereocenters. The Morgan fingerprint density at radius 1 is 1.02 bits per heavy atom. The number of amides is 2. The molecule has 7 heteroatoms. The summed E-state index contributed by atoms with van der Waals surface area (Å²) in [6.07, 6.45) is 7.35. The summed E-state index contributed by atoms with van der Waals surface area (Å²) in [4.78, 5) is 39.3. The van der Waals surface area contributed by atoms with Crippen molar-refractivity contribution in [3.05, 3.63) is 58.7 Å². The number of carboxylic acids is 1. The van der Waals surface area contributed by atoms with E-state index in [1.165, 1.54) is 21.6 Å². The van der Waals surface area contributed by atoms with Gasteiger partial charge in [-0.05, 0) is 67.0 Å². The van der Waals surface area contributed by atoms with Crippen molar-refractivity contribution in [1.29, 1.82) is 0 Å². The van der Waals surface area contributed by atoms with Crippen molar-refractivity contribution in [3.63, 3.8) is 0 Å². The summed E-state index contributed by atoms with van der Waals surface area (Å²) >= 11 is 0. The number of hydrogen-bond acceptors (Lipinski definition) is 5. The third-order valence-corrected chi connectivity index (χ3v) is 9.48. The number of aliphatic carboxylic acids is 1. The van der Waals surface area contributed by atoms with Crippen molar-refractivity contribution in [2.24, 2.45) is 23.7 Å². The van der Waals surface area contributed by atoms with Crippen LogP contribution in [0.3, 0.4) is 0 Å². The first kappa shape index (κ1) is 30.0. The fourth-order valence-corrected chi connectivity index (χ4v) is 7.29. The van der Waals surface area contributed by atoms with Crippen molar-refractivity contribution in [1.82, 2.24) is 4.90 Å². The van der Waals surface area contributed by atoms with E-state index in [9.17, 15) is 19.5 Å². The smallest absolute Gasteiger partial charge is 0.303 e. The molecule has 0 radical (unpaired) electrons. The largest absolute Gasteiger partial charge is 0.507 e. The van der Waals surface area contributed by atoms with E-state index in [0.29, 0.717) is 38.8 Å². The van der Waals surface area contributed by atoms with Gasteiger partial charge in [-0.15, -0.1) is 0 Å². The molecule has 5 rings (SSSR count). The van der Waals surface area contributed by atoms with Crippen molar-refractivity contribution in [2.75, 3.05) is 13.2 Å². The normalized spacial score (nSPS) is 24.2. The number of phenols is 1. The van der Waals surface area contributed by atoms with Gasteiger partial charge in [-0.2, -0.15) is 0 Å². The molecule has 0 spiro atoms. The summed E-state index contributed by atoms with van der Waals surface area (Å²) in [5, 5.41) is 21.1. The maximum atomic E-state index is 13.6. The molecule has 1 aliphatic carbocycles. The maximum Gasteiger partial charge on any atom is 0.303 e. The van der Waals surface area contributed by atoms with Gasteiger partial charge in [0.15, 0.2) is 0 Å². The molecule has 0 aromatic heterocycles. The number of benzene rings is 2. The van der Waals surface area contributed by atoms with Gasteiger partial charge >= 0.3 is 5.97 Å². The zero-order valence-corrected chi connectivity index (χ0v) is 25.0. The summed E-state index contributed by atoms with van der Waals surface area (Å²) in [5.41, 5.74) is 4.92. The van der Waals surface area contributed by atoms with Crippen LogP contribution in [-0.2, 0) is 19.1 Å². The molecular weight excluding hydrogens is 530 g/mol. The molecule has 2 aromatic carbocycles. The highest BCUT2D eigenvalue weighted by Gasteiger charge is 2.56. The molecule has 2 heterocycles.